The summed E-state index contributed by atoms with van der Waals surface area (Å²) in [5.74, 6) is 1.15. The zero-order valence-corrected chi connectivity index (χ0v) is 10.6. The zero-order chi connectivity index (χ0) is 10.7. The van der Waals surface area contributed by atoms with Crippen LogP contribution in [-0.2, 0) is 0 Å². The highest BCUT2D eigenvalue weighted by molar-refractivity contribution is 6.28. The van der Waals surface area contributed by atoms with Gasteiger partial charge in [0, 0.05) is 24.2 Å². The van der Waals surface area contributed by atoms with E-state index in [2.05, 4.69) is 15.3 Å². The summed E-state index contributed by atoms with van der Waals surface area (Å²) >= 11 is 5.73. The third-order valence-corrected chi connectivity index (χ3v) is 2.60. The smallest absolute Gasteiger partial charge is 0.225 e. The first kappa shape index (κ1) is 13.5. The first-order valence-electron chi connectivity index (χ1n) is 5.09. The fourth-order valence-corrected chi connectivity index (χ4v) is 1.86. The highest BCUT2D eigenvalue weighted by Crippen LogP contribution is 2.14. The van der Waals surface area contributed by atoms with Crippen LogP contribution in [-0.4, -0.2) is 29.7 Å². The van der Waals surface area contributed by atoms with Crippen molar-refractivity contribution < 1.29 is 4.74 Å². The fraction of sp³-hybridized carbons (Fsp3) is 0.600. The van der Waals surface area contributed by atoms with Crippen molar-refractivity contribution in [3.63, 3.8) is 0 Å². The number of nitrogens with zero attached hydrogens (tertiary/aromatic N) is 2. The van der Waals surface area contributed by atoms with E-state index < -0.39 is 0 Å². The molecule has 1 N–H and O–H groups in total. The van der Waals surface area contributed by atoms with E-state index in [0.717, 1.165) is 25.2 Å². The first-order valence-corrected chi connectivity index (χ1v) is 5.46. The van der Waals surface area contributed by atoms with Gasteiger partial charge in [-0.2, -0.15) is 4.98 Å². The Hall–Kier alpha value is -0.580. The Balaban J connectivity index is 0.00000128. The molecule has 2 rings (SSSR count). The number of rotatable bonds is 3. The molecule has 1 fully saturated rings. The molecule has 6 heteroatoms. The van der Waals surface area contributed by atoms with E-state index in [4.69, 9.17) is 16.3 Å². The van der Waals surface area contributed by atoms with Crippen molar-refractivity contribution in [1.29, 1.82) is 0 Å². The Bertz CT molecular complexity index is 323. The van der Waals surface area contributed by atoms with Crippen LogP contribution in [0.3, 0.4) is 0 Å². The van der Waals surface area contributed by atoms with E-state index in [0.29, 0.717) is 18.4 Å². The molecular weight excluding hydrogens is 249 g/mol. The lowest BCUT2D eigenvalue weighted by molar-refractivity contribution is 0.250. The van der Waals surface area contributed by atoms with E-state index in [9.17, 15) is 0 Å². The van der Waals surface area contributed by atoms with Gasteiger partial charge in [-0.15, -0.1) is 12.4 Å². The van der Waals surface area contributed by atoms with Crippen LogP contribution in [0.25, 0.3) is 0 Å². The van der Waals surface area contributed by atoms with Crippen LogP contribution in [0.4, 0.5) is 0 Å². The Morgan fingerprint density at radius 3 is 3.00 bits per heavy atom. The Morgan fingerprint density at radius 2 is 2.38 bits per heavy atom. The lowest BCUT2D eigenvalue weighted by atomic mass is 10.1. The molecule has 2 heterocycles. The maximum absolute atomic E-state index is 5.73. The van der Waals surface area contributed by atoms with Gasteiger partial charge < -0.3 is 10.1 Å². The summed E-state index contributed by atoms with van der Waals surface area (Å²) in [5.41, 5.74) is 0.828. The number of halogens is 2. The zero-order valence-electron chi connectivity index (χ0n) is 9.07. The number of hydrogen-bond donors (Lipinski definition) is 1. The molecule has 1 atom stereocenters. The average molecular weight is 264 g/mol. The molecule has 0 bridgehead atoms. The summed E-state index contributed by atoms with van der Waals surface area (Å²) in [6, 6.07) is 1.80. The summed E-state index contributed by atoms with van der Waals surface area (Å²) in [6.45, 7) is 4.67. The largest absolute Gasteiger partial charge is 0.477 e. The predicted octanol–water partition coefficient (Wildman–Crippen LogP) is 1.85. The summed E-state index contributed by atoms with van der Waals surface area (Å²) in [5, 5.41) is 3.54. The molecule has 1 aromatic heterocycles. The van der Waals surface area contributed by atoms with Crippen molar-refractivity contribution >= 4 is 24.0 Å². The van der Waals surface area contributed by atoms with Crippen molar-refractivity contribution in [1.82, 2.24) is 15.3 Å². The number of aryl methyl sites for hydroxylation is 1. The van der Waals surface area contributed by atoms with Gasteiger partial charge in [0.1, 0.15) is 0 Å². The van der Waals surface area contributed by atoms with Gasteiger partial charge in [-0.05, 0) is 31.5 Å². The van der Waals surface area contributed by atoms with E-state index >= 15 is 0 Å². The predicted molar refractivity (Wildman–Crippen MR) is 65.5 cm³/mol. The average Bonchev–Trinajstić information content (AvgIpc) is 2.65. The van der Waals surface area contributed by atoms with Crippen LogP contribution >= 0.6 is 24.0 Å². The van der Waals surface area contributed by atoms with Crippen LogP contribution in [0.2, 0.25) is 5.28 Å². The third-order valence-electron chi connectivity index (χ3n) is 2.43. The summed E-state index contributed by atoms with van der Waals surface area (Å²) in [4.78, 5) is 7.98. The highest BCUT2D eigenvalue weighted by Gasteiger charge is 2.15. The summed E-state index contributed by atoms with van der Waals surface area (Å²) in [7, 11) is 0. The monoisotopic (exact) mass is 263 g/mol. The first-order chi connectivity index (χ1) is 7.24. The molecule has 1 unspecified atom stereocenters. The molecule has 16 heavy (non-hydrogen) atoms. The van der Waals surface area contributed by atoms with Crippen molar-refractivity contribution in [3.8, 4) is 5.88 Å². The maximum atomic E-state index is 5.73. The second-order valence-electron chi connectivity index (χ2n) is 3.79. The minimum absolute atomic E-state index is 0. The SMILES string of the molecule is Cc1cc(OCC2CCNC2)nc(Cl)n1.Cl. The molecule has 0 spiro atoms. The number of ether oxygens (including phenoxy) is 1. The molecule has 1 aliphatic rings. The van der Waals surface area contributed by atoms with Crippen LogP contribution in [0, 0.1) is 12.8 Å². The van der Waals surface area contributed by atoms with Gasteiger partial charge in [-0.1, -0.05) is 0 Å². The minimum atomic E-state index is 0. The molecule has 0 aromatic carbocycles. The fourth-order valence-electron chi connectivity index (χ4n) is 1.64. The van der Waals surface area contributed by atoms with E-state index in [1.54, 1.807) is 6.07 Å². The van der Waals surface area contributed by atoms with E-state index in [-0.39, 0.29) is 17.7 Å². The molecule has 1 aromatic rings. The Kier molecular flexibility index (Phi) is 5.25. The Morgan fingerprint density at radius 1 is 1.56 bits per heavy atom. The molecule has 0 radical (unpaired) electrons. The lowest BCUT2D eigenvalue weighted by Crippen LogP contribution is -2.16. The Labute approximate surface area is 106 Å². The molecule has 4 nitrogen and oxygen atoms in total. The van der Waals surface area contributed by atoms with Crippen LogP contribution in [0.15, 0.2) is 6.07 Å². The molecule has 1 aliphatic heterocycles. The molecule has 0 saturated carbocycles. The van der Waals surface area contributed by atoms with Gasteiger partial charge in [0.2, 0.25) is 11.2 Å². The van der Waals surface area contributed by atoms with Crippen molar-refractivity contribution in [2.45, 2.75) is 13.3 Å². The quantitative estimate of drug-likeness (QED) is 0.846. The number of aromatic nitrogens is 2. The highest BCUT2D eigenvalue weighted by atomic mass is 35.5. The second-order valence-corrected chi connectivity index (χ2v) is 4.12. The van der Waals surface area contributed by atoms with Gasteiger partial charge in [0.05, 0.1) is 6.61 Å². The van der Waals surface area contributed by atoms with Crippen molar-refractivity contribution in [2.24, 2.45) is 5.92 Å². The van der Waals surface area contributed by atoms with Gasteiger partial charge in [0.15, 0.2) is 0 Å². The van der Waals surface area contributed by atoms with Crippen LogP contribution < -0.4 is 10.1 Å². The molecule has 0 aliphatic carbocycles. The van der Waals surface area contributed by atoms with E-state index in [1.807, 2.05) is 6.92 Å². The lowest BCUT2D eigenvalue weighted by Gasteiger charge is -2.10. The van der Waals surface area contributed by atoms with Gasteiger partial charge in [-0.25, -0.2) is 4.98 Å². The summed E-state index contributed by atoms with van der Waals surface area (Å²) < 4.78 is 5.58. The van der Waals surface area contributed by atoms with Crippen molar-refractivity contribution in [2.75, 3.05) is 19.7 Å². The van der Waals surface area contributed by atoms with Gasteiger partial charge in [0.25, 0.3) is 0 Å². The molecular formula is C10H15Cl2N3O. The number of hydrogen-bond acceptors (Lipinski definition) is 4. The van der Waals surface area contributed by atoms with Gasteiger partial charge in [-0.3, -0.25) is 0 Å². The standard InChI is InChI=1S/C10H14ClN3O.ClH/c1-7-4-9(14-10(11)13-7)15-6-8-2-3-12-5-8;/h4,8,12H,2-3,5-6H2,1H3;1H. The van der Waals surface area contributed by atoms with Crippen molar-refractivity contribution in [3.05, 3.63) is 17.0 Å². The van der Waals surface area contributed by atoms with Crippen LogP contribution in [0.5, 0.6) is 5.88 Å². The molecule has 90 valence electrons. The number of nitrogens with one attached hydrogen (secondary N) is 1. The minimum Gasteiger partial charge on any atom is -0.477 e. The second kappa shape index (κ2) is 6.23. The normalized spacial score (nSPS) is 19.2. The van der Waals surface area contributed by atoms with Gasteiger partial charge >= 0.3 is 0 Å². The summed E-state index contributed by atoms with van der Waals surface area (Å²) in [6.07, 6.45) is 1.16. The van der Waals surface area contributed by atoms with E-state index in [1.165, 1.54) is 0 Å². The third kappa shape index (κ3) is 3.77. The maximum Gasteiger partial charge on any atom is 0.225 e. The molecule has 0 amide bonds. The topological polar surface area (TPSA) is 47.0 Å². The van der Waals surface area contributed by atoms with Crippen LogP contribution in [0.1, 0.15) is 12.1 Å². The molecule has 1 saturated heterocycles.